The van der Waals surface area contributed by atoms with Crippen molar-refractivity contribution < 1.29 is 4.79 Å². The number of carbonyl (C=O) groups excluding carboxylic acids is 1. The van der Waals surface area contributed by atoms with Gasteiger partial charge in [-0.3, -0.25) is 15.1 Å². The fourth-order valence-electron chi connectivity index (χ4n) is 2.50. The number of nitrogens with zero attached hydrogens (tertiary/aromatic N) is 3. The van der Waals surface area contributed by atoms with Gasteiger partial charge in [-0.1, -0.05) is 29.5 Å². The Balaban J connectivity index is 1.62. The van der Waals surface area contributed by atoms with Gasteiger partial charge in [-0.2, -0.15) is 0 Å². The van der Waals surface area contributed by atoms with Crippen LogP contribution >= 0.6 is 22.7 Å². The van der Waals surface area contributed by atoms with Crippen LogP contribution in [-0.2, 0) is 0 Å². The summed E-state index contributed by atoms with van der Waals surface area (Å²) in [7, 11) is 0. The van der Waals surface area contributed by atoms with E-state index in [4.69, 9.17) is 0 Å². The fraction of sp³-hybridized carbons (Fsp3) is 0.111. The number of benzene rings is 1. The number of aryl methyl sites for hydroxylation is 2. The molecule has 3 heterocycles. The zero-order chi connectivity index (χ0) is 17.4. The van der Waals surface area contributed by atoms with Gasteiger partial charge in [0.1, 0.15) is 9.88 Å². The summed E-state index contributed by atoms with van der Waals surface area (Å²) >= 11 is 2.81. The number of carbonyl (C=O) groups is 1. The first-order chi connectivity index (χ1) is 12.1. The summed E-state index contributed by atoms with van der Waals surface area (Å²) < 4.78 is 1.06. The summed E-state index contributed by atoms with van der Waals surface area (Å²) in [6.45, 7) is 3.85. The second-order valence-electron chi connectivity index (χ2n) is 5.54. The Kier molecular flexibility index (Phi) is 4.03. The number of pyridine rings is 1. The van der Waals surface area contributed by atoms with Gasteiger partial charge in [-0.15, -0.1) is 11.3 Å². The molecule has 0 radical (unpaired) electrons. The number of amides is 1. The Labute approximate surface area is 152 Å². The lowest BCUT2D eigenvalue weighted by atomic mass is 10.2. The van der Waals surface area contributed by atoms with Crippen molar-refractivity contribution in [1.82, 2.24) is 15.0 Å². The van der Waals surface area contributed by atoms with Gasteiger partial charge < -0.3 is 0 Å². The standard InChI is InChI=1S/C18H14N4OS2/c1-10-6-5-8-13-14(10)21-18(24-13)22-16(23)15-11(2)20-17(25-15)12-7-3-4-9-19-12/h3-9H,1-2H3,(H,21,22,23). The van der Waals surface area contributed by atoms with Gasteiger partial charge in [-0.25, -0.2) is 9.97 Å². The third-order valence-corrected chi connectivity index (χ3v) is 5.84. The third kappa shape index (κ3) is 3.04. The van der Waals surface area contributed by atoms with Crippen LogP contribution in [0, 0.1) is 13.8 Å². The molecule has 0 atom stereocenters. The van der Waals surface area contributed by atoms with Crippen molar-refractivity contribution in [2.45, 2.75) is 13.8 Å². The van der Waals surface area contributed by atoms with E-state index >= 15 is 0 Å². The number of hydrogen-bond donors (Lipinski definition) is 1. The summed E-state index contributed by atoms with van der Waals surface area (Å²) in [5, 5.41) is 4.24. The monoisotopic (exact) mass is 366 g/mol. The summed E-state index contributed by atoms with van der Waals surface area (Å²) in [6.07, 6.45) is 1.72. The van der Waals surface area contributed by atoms with E-state index in [-0.39, 0.29) is 5.91 Å². The lowest BCUT2D eigenvalue weighted by Gasteiger charge is -1.98. The summed E-state index contributed by atoms with van der Waals surface area (Å²) in [4.78, 5) is 26.5. The molecule has 124 valence electrons. The fourth-order valence-corrected chi connectivity index (χ4v) is 4.38. The van der Waals surface area contributed by atoms with Crippen molar-refractivity contribution in [3.05, 3.63) is 58.7 Å². The Morgan fingerprint density at radius 3 is 2.68 bits per heavy atom. The Morgan fingerprint density at radius 1 is 1.04 bits per heavy atom. The highest BCUT2D eigenvalue weighted by atomic mass is 32.1. The molecule has 0 aliphatic rings. The average molecular weight is 366 g/mol. The van der Waals surface area contributed by atoms with E-state index in [9.17, 15) is 4.79 Å². The van der Waals surface area contributed by atoms with E-state index < -0.39 is 0 Å². The molecular weight excluding hydrogens is 352 g/mol. The van der Waals surface area contributed by atoms with Gasteiger partial charge >= 0.3 is 0 Å². The van der Waals surface area contributed by atoms with Crippen LogP contribution in [0.1, 0.15) is 20.9 Å². The summed E-state index contributed by atoms with van der Waals surface area (Å²) in [5.74, 6) is -0.186. The summed E-state index contributed by atoms with van der Waals surface area (Å²) in [5.41, 5.74) is 3.49. The average Bonchev–Trinajstić information content (AvgIpc) is 3.20. The molecule has 0 saturated carbocycles. The molecule has 3 aromatic heterocycles. The molecule has 4 aromatic rings. The number of nitrogens with one attached hydrogen (secondary N) is 1. The van der Waals surface area contributed by atoms with E-state index in [1.165, 1.54) is 22.7 Å². The first-order valence-electron chi connectivity index (χ1n) is 7.68. The SMILES string of the molecule is Cc1nc(-c2ccccn2)sc1C(=O)Nc1nc2c(C)cccc2s1. The molecule has 0 aliphatic heterocycles. The Morgan fingerprint density at radius 2 is 1.92 bits per heavy atom. The van der Waals surface area contributed by atoms with Crippen LogP contribution < -0.4 is 5.32 Å². The minimum absolute atomic E-state index is 0.186. The topological polar surface area (TPSA) is 67.8 Å². The molecule has 1 amide bonds. The van der Waals surface area contributed by atoms with Crippen LogP contribution in [0.4, 0.5) is 5.13 Å². The highest BCUT2D eigenvalue weighted by Gasteiger charge is 2.18. The van der Waals surface area contributed by atoms with Crippen molar-refractivity contribution in [3.63, 3.8) is 0 Å². The molecule has 25 heavy (non-hydrogen) atoms. The van der Waals surface area contributed by atoms with Gasteiger partial charge in [0.05, 0.1) is 21.6 Å². The molecule has 0 saturated heterocycles. The molecule has 0 aliphatic carbocycles. The zero-order valence-corrected chi connectivity index (χ0v) is 15.2. The van der Waals surface area contributed by atoms with Crippen molar-refractivity contribution in [2.24, 2.45) is 0 Å². The Hall–Kier alpha value is -2.64. The van der Waals surface area contributed by atoms with Crippen molar-refractivity contribution in [2.75, 3.05) is 5.32 Å². The van der Waals surface area contributed by atoms with Gasteiger partial charge in [0.15, 0.2) is 5.13 Å². The van der Waals surface area contributed by atoms with Crippen LogP contribution in [0.25, 0.3) is 20.9 Å². The molecule has 4 rings (SSSR count). The first-order valence-corrected chi connectivity index (χ1v) is 9.31. The van der Waals surface area contributed by atoms with E-state index in [0.717, 1.165) is 26.5 Å². The molecule has 0 spiro atoms. The van der Waals surface area contributed by atoms with Crippen LogP contribution in [0.15, 0.2) is 42.6 Å². The molecule has 0 fully saturated rings. The predicted molar refractivity (Wildman–Crippen MR) is 102 cm³/mol. The first kappa shape index (κ1) is 15.9. The van der Waals surface area contributed by atoms with Gasteiger partial charge in [0.25, 0.3) is 5.91 Å². The lowest BCUT2D eigenvalue weighted by molar-refractivity contribution is 0.103. The van der Waals surface area contributed by atoms with E-state index in [1.54, 1.807) is 6.20 Å². The number of aromatic nitrogens is 3. The number of thiazole rings is 2. The molecule has 0 bridgehead atoms. The summed E-state index contributed by atoms with van der Waals surface area (Å²) in [6, 6.07) is 11.7. The maximum absolute atomic E-state index is 12.6. The number of hydrogen-bond acceptors (Lipinski definition) is 6. The lowest BCUT2D eigenvalue weighted by Crippen LogP contribution is -2.11. The van der Waals surface area contributed by atoms with Crippen molar-refractivity contribution >= 4 is 43.9 Å². The number of para-hydroxylation sites is 1. The van der Waals surface area contributed by atoms with Gasteiger partial charge in [0.2, 0.25) is 0 Å². The van der Waals surface area contributed by atoms with Crippen LogP contribution in [-0.4, -0.2) is 20.9 Å². The van der Waals surface area contributed by atoms with Gasteiger partial charge in [0, 0.05) is 6.20 Å². The zero-order valence-electron chi connectivity index (χ0n) is 13.6. The smallest absolute Gasteiger partial charge is 0.269 e. The largest absolute Gasteiger partial charge is 0.297 e. The van der Waals surface area contributed by atoms with E-state index in [0.29, 0.717) is 15.7 Å². The second kappa shape index (κ2) is 6.34. The molecular formula is C18H14N4OS2. The molecule has 1 N–H and O–H groups in total. The Bertz CT molecular complexity index is 1070. The van der Waals surface area contributed by atoms with Crippen molar-refractivity contribution in [1.29, 1.82) is 0 Å². The van der Waals surface area contributed by atoms with Crippen LogP contribution in [0.2, 0.25) is 0 Å². The third-order valence-electron chi connectivity index (χ3n) is 3.73. The molecule has 1 aromatic carbocycles. The quantitative estimate of drug-likeness (QED) is 0.571. The van der Waals surface area contributed by atoms with E-state index in [2.05, 4.69) is 20.3 Å². The predicted octanol–water partition coefficient (Wildman–Crippen LogP) is 4.68. The maximum atomic E-state index is 12.6. The van der Waals surface area contributed by atoms with Crippen molar-refractivity contribution in [3.8, 4) is 10.7 Å². The van der Waals surface area contributed by atoms with E-state index in [1.807, 2.05) is 50.2 Å². The van der Waals surface area contributed by atoms with Crippen LogP contribution in [0.3, 0.4) is 0 Å². The number of anilines is 1. The molecule has 0 unspecified atom stereocenters. The highest BCUT2D eigenvalue weighted by molar-refractivity contribution is 7.22. The molecule has 7 heteroatoms. The maximum Gasteiger partial charge on any atom is 0.269 e. The molecule has 5 nitrogen and oxygen atoms in total. The minimum Gasteiger partial charge on any atom is -0.297 e. The normalized spacial score (nSPS) is 11.0. The van der Waals surface area contributed by atoms with Crippen LogP contribution in [0.5, 0.6) is 0 Å². The number of rotatable bonds is 3. The van der Waals surface area contributed by atoms with Gasteiger partial charge in [-0.05, 0) is 37.6 Å². The second-order valence-corrected chi connectivity index (χ2v) is 7.57. The highest BCUT2D eigenvalue weighted by Crippen LogP contribution is 2.30. The number of fused-ring (bicyclic) bond motifs is 1. The minimum atomic E-state index is -0.186.